The second-order valence-corrected chi connectivity index (χ2v) is 6.06. The predicted molar refractivity (Wildman–Crippen MR) is 94.3 cm³/mol. The van der Waals surface area contributed by atoms with Crippen molar-refractivity contribution >= 4 is 28.6 Å². The lowest BCUT2D eigenvalue weighted by Crippen LogP contribution is -2.52. The molecule has 1 fully saturated rings. The van der Waals surface area contributed by atoms with Gasteiger partial charge >= 0.3 is 0 Å². The van der Waals surface area contributed by atoms with Crippen molar-refractivity contribution in [2.75, 3.05) is 23.3 Å². The SMILES string of the molecule is CCn1nnc2c(N3CC(C(=O)Nc4cccc(C#N)c4)C3)ncnc21. The Balaban J connectivity index is 1.45. The van der Waals surface area contributed by atoms with Gasteiger partial charge in [-0.3, -0.25) is 4.79 Å². The zero-order chi connectivity index (χ0) is 18.1. The van der Waals surface area contributed by atoms with Crippen LogP contribution in [-0.4, -0.2) is 44.0 Å². The van der Waals surface area contributed by atoms with Crippen molar-refractivity contribution < 1.29 is 4.79 Å². The number of anilines is 2. The van der Waals surface area contributed by atoms with Crippen LogP contribution in [0.25, 0.3) is 11.2 Å². The van der Waals surface area contributed by atoms with Crippen LogP contribution < -0.4 is 10.2 Å². The fourth-order valence-electron chi connectivity index (χ4n) is 2.95. The molecule has 1 amide bonds. The number of rotatable bonds is 4. The van der Waals surface area contributed by atoms with Gasteiger partial charge in [-0.1, -0.05) is 11.3 Å². The molecule has 2 aromatic heterocycles. The highest BCUT2D eigenvalue weighted by molar-refractivity contribution is 5.95. The summed E-state index contributed by atoms with van der Waals surface area (Å²) in [6.07, 6.45) is 1.49. The Kier molecular flexibility index (Phi) is 3.93. The molecule has 1 aliphatic heterocycles. The third-order valence-electron chi connectivity index (χ3n) is 4.39. The van der Waals surface area contributed by atoms with Crippen LogP contribution >= 0.6 is 0 Å². The van der Waals surface area contributed by atoms with E-state index in [0.717, 1.165) is 0 Å². The van der Waals surface area contributed by atoms with Gasteiger partial charge in [0.25, 0.3) is 0 Å². The van der Waals surface area contributed by atoms with E-state index in [0.29, 0.717) is 47.9 Å². The minimum Gasteiger partial charge on any atom is -0.353 e. The first-order valence-corrected chi connectivity index (χ1v) is 8.29. The maximum Gasteiger partial charge on any atom is 0.231 e. The summed E-state index contributed by atoms with van der Waals surface area (Å²) >= 11 is 0. The molecule has 1 aromatic carbocycles. The number of amides is 1. The van der Waals surface area contributed by atoms with E-state index in [2.05, 4.69) is 31.7 Å². The van der Waals surface area contributed by atoms with Gasteiger partial charge in [0, 0.05) is 25.3 Å². The van der Waals surface area contributed by atoms with Crippen LogP contribution in [0.3, 0.4) is 0 Å². The predicted octanol–water partition coefficient (Wildman–Crippen LogP) is 1.19. The number of nitriles is 1. The number of carbonyl (C=O) groups excluding carboxylic acids is 1. The van der Waals surface area contributed by atoms with Gasteiger partial charge in [-0.15, -0.1) is 5.10 Å². The Labute approximate surface area is 149 Å². The minimum absolute atomic E-state index is 0.0705. The van der Waals surface area contributed by atoms with Crippen molar-refractivity contribution in [1.29, 1.82) is 5.26 Å². The van der Waals surface area contributed by atoms with Crippen molar-refractivity contribution in [2.45, 2.75) is 13.5 Å². The van der Waals surface area contributed by atoms with Gasteiger partial charge in [0.2, 0.25) is 5.91 Å². The third-order valence-corrected chi connectivity index (χ3v) is 4.39. The lowest BCUT2D eigenvalue weighted by atomic mass is 9.99. The van der Waals surface area contributed by atoms with E-state index in [-0.39, 0.29) is 11.8 Å². The van der Waals surface area contributed by atoms with Crippen LogP contribution in [0.2, 0.25) is 0 Å². The summed E-state index contributed by atoms with van der Waals surface area (Å²) in [5, 5.41) is 20.0. The van der Waals surface area contributed by atoms with E-state index < -0.39 is 0 Å². The number of hydrogen-bond acceptors (Lipinski definition) is 7. The summed E-state index contributed by atoms with van der Waals surface area (Å²) < 4.78 is 1.71. The van der Waals surface area contributed by atoms with E-state index in [9.17, 15) is 4.79 Å². The second kappa shape index (κ2) is 6.40. The van der Waals surface area contributed by atoms with Crippen LogP contribution in [0.15, 0.2) is 30.6 Å². The Morgan fingerprint density at radius 3 is 3.00 bits per heavy atom. The fourth-order valence-corrected chi connectivity index (χ4v) is 2.95. The van der Waals surface area contributed by atoms with Gasteiger partial charge in [0.1, 0.15) is 6.33 Å². The Morgan fingerprint density at radius 1 is 1.38 bits per heavy atom. The molecule has 1 aliphatic rings. The van der Waals surface area contributed by atoms with Crippen LogP contribution in [-0.2, 0) is 11.3 Å². The van der Waals surface area contributed by atoms with Crippen molar-refractivity contribution in [3.8, 4) is 6.07 Å². The van der Waals surface area contributed by atoms with E-state index in [1.807, 2.05) is 11.8 Å². The van der Waals surface area contributed by atoms with Crippen molar-refractivity contribution in [3.63, 3.8) is 0 Å². The van der Waals surface area contributed by atoms with Gasteiger partial charge in [-0.2, -0.15) is 5.26 Å². The summed E-state index contributed by atoms with van der Waals surface area (Å²) in [7, 11) is 0. The van der Waals surface area contributed by atoms with Gasteiger partial charge in [0.05, 0.1) is 17.6 Å². The number of aromatic nitrogens is 5. The van der Waals surface area contributed by atoms with Crippen molar-refractivity contribution in [3.05, 3.63) is 36.2 Å². The average molecular weight is 348 g/mol. The molecule has 9 nitrogen and oxygen atoms in total. The molecule has 9 heteroatoms. The molecular formula is C17H16N8O. The maximum atomic E-state index is 12.4. The number of nitrogens with zero attached hydrogens (tertiary/aromatic N) is 7. The molecule has 0 aliphatic carbocycles. The minimum atomic E-state index is -0.146. The lowest BCUT2D eigenvalue weighted by Gasteiger charge is -2.38. The van der Waals surface area contributed by atoms with Gasteiger partial charge in [-0.25, -0.2) is 14.6 Å². The summed E-state index contributed by atoms with van der Waals surface area (Å²) in [6.45, 7) is 3.75. The molecule has 0 unspecified atom stereocenters. The topological polar surface area (TPSA) is 113 Å². The molecule has 1 N–H and O–H groups in total. The van der Waals surface area contributed by atoms with E-state index in [4.69, 9.17) is 5.26 Å². The van der Waals surface area contributed by atoms with Crippen LogP contribution in [0.1, 0.15) is 12.5 Å². The normalized spacial score (nSPS) is 14.1. The molecule has 4 rings (SSSR count). The Bertz CT molecular complexity index is 1020. The third kappa shape index (κ3) is 2.71. The fraction of sp³-hybridized carbons (Fsp3) is 0.294. The number of aryl methyl sites for hydroxylation is 1. The second-order valence-electron chi connectivity index (χ2n) is 6.06. The smallest absolute Gasteiger partial charge is 0.231 e. The largest absolute Gasteiger partial charge is 0.353 e. The van der Waals surface area contributed by atoms with Crippen molar-refractivity contribution in [1.82, 2.24) is 25.0 Å². The number of benzene rings is 1. The highest BCUT2D eigenvalue weighted by Gasteiger charge is 2.35. The Hall–Kier alpha value is -3.54. The molecule has 3 aromatic rings. The molecule has 3 heterocycles. The highest BCUT2D eigenvalue weighted by atomic mass is 16.2. The highest BCUT2D eigenvalue weighted by Crippen LogP contribution is 2.28. The summed E-state index contributed by atoms with van der Waals surface area (Å²) in [4.78, 5) is 22.9. The van der Waals surface area contributed by atoms with Crippen molar-refractivity contribution in [2.24, 2.45) is 5.92 Å². The monoisotopic (exact) mass is 348 g/mol. The summed E-state index contributed by atoms with van der Waals surface area (Å²) in [5.74, 6) is 0.482. The zero-order valence-corrected chi connectivity index (χ0v) is 14.1. The number of nitrogens with one attached hydrogen (secondary N) is 1. The first kappa shape index (κ1) is 16.0. The molecule has 0 radical (unpaired) electrons. The standard InChI is InChI=1S/C17H16N8O/c1-2-25-16-14(22-23-25)15(19-10-20-16)24-8-12(9-24)17(26)21-13-5-3-4-11(6-13)7-18/h3-6,10,12H,2,8-9H2,1H3,(H,21,26). The first-order valence-electron chi connectivity index (χ1n) is 8.29. The van der Waals surface area contributed by atoms with Crippen LogP contribution in [0.4, 0.5) is 11.5 Å². The zero-order valence-electron chi connectivity index (χ0n) is 14.1. The molecular weight excluding hydrogens is 332 g/mol. The number of fused-ring (bicyclic) bond motifs is 1. The molecule has 130 valence electrons. The number of hydrogen-bond donors (Lipinski definition) is 1. The quantitative estimate of drug-likeness (QED) is 0.753. The van der Waals surface area contributed by atoms with Gasteiger partial charge in [-0.05, 0) is 25.1 Å². The van der Waals surface area contributed by atoms with Gasteiger partial charge in [0.15, 0.2) is 17.0 Å². The van der Waals surface area contributed by atoms with E-state index in [1.54, 1.807) is 28.9 Å². The number of carbonyl (C=O) groups is 1. The van der Waals surface area contributed by atoms with Gasteiger partial charge < -0.3 is 10.2 Å². The molecule has 0 spiro atoms. The maximum absolute atomic E-state index is 12.4. The molecule has 0 saturated carbocycles. The summed E-state index contributed by atoms with van der Waals surface area (Å²) in [5.41, 5.74) is 2.48. The molecule has 1 saturated heterocycles. The van der Waals surface area contributed by atoms with Crippen LogP contribution in [0, 0.1) is 17.2 Å². The van der Waals surface area contributed by atoms with Crippen LogP contribution in [0.5, 0.6) is 0 Å². The lowest BCUT2D eigenvalue weighted by molar-refractivity contribution is -0.120. The molecule has 26 heavy (non-hydrogen) atoms. The summed E-state index contributed by atoms with van der Waals surface area (Å²) in [6, 6.07) is 8.93. The first-order chi connectivity index (χ1) is 12.7. The van der Waals surface area contributed by atoms with E-state index in [1.165, 1.54) is 6.33 Å². The molecule has 0 bridgehead atoms. The average Bonchev–Trinajstić information content (AvgIpc) is 3.04. The Morgan fingerprint density at radius 2 is 2.23 bits per heavy atom. The van der Waals surface area contributed by atoms with E-state index >= 15 is 0 Å². The molecule has 0 atom stereocenters.